The number of hydrogen-bond acceptors (Lipinski definition) is 5. The summed E-state index contributed by atoms with van der Waals surface area (Å²) in [6.45, 7) is 5.58. The molecule has 0 fully saturated rings. The van der Waals surface area contributed by atoms with E-state index in [1.807, 2.05) is 26.8 Å². The minimum absolute atomic E-state index is 0.0514. The first-order valence-corrected chi connectivity index (χ1v) is 7.53. The van der Waals surface area contributed by atoms with Crippen LogP contribution in [0.5, 0.6) is 0 Å². The van der Waals surface area contributed by atoms with Crippen LogP contribution >= 0.6 is 31.9 Å². The molecule has 0 amide bonds. The van der Waals surface area contributed by atoms with Crippen LogP contribution < -0.4 is 0 Å². The van der Waals surface area contributed by atoms with Crippen LogP contribution in [-0.4, -0.2) is 20.9 Å². The number of ketones is 1. The first-order valence-electron chi connectivity index (χ1n) is 5.94. The minimum Gasteiger partial charge on any atom is -0.338 e. The fourth-order valence-electron chi connectivity index (χ4n) is 1.40. The number of nitrogens with zero attached hydrogens (tertiary/aromatic N) is 3. The lowest BCUT2D eigenvalue weighted by atomic mass is 9.89. The molecule has 0 saturated heterocycles. The second kappa shape index (κ2) is 5.73. The highest BCUT2D eigenvalue weighted by Gasteiger charge is 2.24. The zero-order valence-corrected chi connectivity index (χ0v) is 14.4. The smallest absolute Gasteiger partial charge is 0.234 e. The fourth-order valence-corrected chi connectivity index (χ4v) is 2.57. The standard InChI is InChI=1S/C13H13Br2N3O2/c1-13(2,3)9(19)5-10-17-12(18-20-10)11-8(15)4-7(14)6-16-11/h4,6H,5H2,1-3H3. The van der Waals surface area contributed by atoms with Crippen molar-refractivity contribution in [3.63, 3.8) is 0 Å². The summed E-state index contributed by atoms with van der Waals surface area (Å²) in [5.41, 5.74) is 0.150. The first-order chi connectivity index (χ1) is 9.27. The molecule has 0 atom stereocenters. The van der Waals surface area contributed by atoms with Gasteiger partial charge in [-0.05, 0) is 37.9 Å². The van der Waals surface area contributed by atoms with E-state index in [1.165, 1.54) is 0 Å². The molecule has 0 bridgehead atoms. The number of halogens is 2. The van der Waals surface area contributed by atoms with Crippen molar-refractivity contribution in [3.8, 4) is 11.5 Å². The van der Waals surface area contributed by atoms with E-state index in [1.54, 1.807) is 6.20 Å². The van der Waals surface area contributed by atoms with E-state index >= 15 is 0 Å². The zero-order chi connectivity index (χ0) is 14.9. The largest absolute Gasteiger partial charge is 0.338 e. The van der Waals surface area contributed by atoms with E-state index in [0.29, 0.717) is 17.4 Å². The normalized spacial score (nSPS) is 11.7. The van der Waals surface area contributed by atoms with E-state index in [2.05, 4.69) is 47.0 Å². The zero-order valence-electron chi connectivity index (χ0n) is 11.3. The Morgan fingerprint density at radius 3 is 2.65 bits per heavy atom. The average Bonchev–Trinajstić information content (AvgIpc) is 2.76. The molecule has 106 valence electrons. The number of hydrogen-bond donors (Lipinski definition) is 0. The number of carbonyl (C=O) groups excluding carboxylic acids is 1. The van der Waals surface area contributed by atoms with Crippen LogP contribution in [0.1, 0.15) is 26.7 Å². The second-order valence-electron chi connectivity index (χ2n) is 5.35. The molecule has 5 nitrogen and oxygen atoms in total. The van der Waals surface area contributed by atoms with Gasteiger partial charge in [-0.15, -0.1) is 0 Å². The summed E-state index contributed by atoms with van der Waals surface area (Å²) in [7, 11) is 0. The van der Waals surface area contributed by atoms with E-state index in [9.17, 15) is 4.79 Å². The lowest BCUT2D eigenvalue weighted by Crippen LogP contribution is -2.22. The van der Waals surface area contributed by atoms with E-state index in [4.69, 9.17) is 4.52 Å². The lowest BCUT2D eigenvalue weighted by molar-refractivity contribution is -0.125. The number of Topliss-reactive ketones (excluding diaryl/α,β-unsaturated/α-hetero) is 1. The molecule has 0 unspecified atom stereocenters. The Hall–Kier alpha value is -1.08. The highest BCUT2D eigenvalue weighted by Crippen LogP contribution is 2.27. The van der Waals surface area contributed by atoms with Gasteiger partial charge in [-0.25, -0.2) is 0 Å². The van der Waals surface area contributed by atoms with E-state index < -0.39 is 5.41 Å². The molecule has 0 aliphatic carbocycles. The Morgan fingerprint density at radius 2 is 2.05 bits per heavy atom. The predicted molar refractivity (Wildman–Crippen MR) is 81.1 cm³/mol. The molecule has 0 saturated carbocycles. The summed E-state index contributed by atoms with van der Waals surface area (Å²) in [5.74, 6) is 0.716. The van der Waals surface area contributed by atoms with E-state index in [-0.39, 0.29) is 12.2 Å². The van der Waals surface area contributed by atoms with Crippen LogP contribution in [0.4, 0.5) is 0 Å². The second-order valence-corrected chi connectivity index (χ2v) is 7.12. The third-order valence-corrected chi connectivity index (χ3v) is 3.67. The Bertz CT molecular complexity index is 647. The van der Waals surface area contributed by atoms with E-state index in [0.717, 1.165) is 8.95 Å². The van der Waals surface area contributed by atoms with Crippen LogP contribution in [-0.2, 0) is 11.2 Å². The maximum absolute atomic E-state index is 11.9. The number of pyridine rings is 1. The van der Waals surface area contributed by atoms with Crippen LogP contribution in [0.3, 0.4) is 0 Å². The Labute approximate surface area is 133 Å². The number of rotatable bonds is 3. The van der Waals surface area contributed by atoms with Crippen molar-refractivity contribution < 1.29 is 9.32 Å². The molecular formula is C13H13Br2N3O2. The highest BCUT2D eigenvalue weighted by atomic mass is 79.9. The fraction of sp³-hybridized carbons (Fsp3) is 0.385. The molecule has 0 aliphatic rings. The molecule has 0 aliphatic heterocycles. The first kappa shape index (κ1) is 15.3. The average molecular weight is 403 g/mol. The van der Waals surface area contributed by atoms with Crippen LogP contribution in [0.2, 0.25) is 0 Å². The summed E-state index contributed by atoms with van der Waals surface area (Å²) in [6.07, 6.45) is 1.78. The molecular weight excluding hydrogens is 390 g/mol. The number of aromatic nitrogens is 3. The molecule has 2 aromatic rings. The summed E-state index contributed by atoms with van der Waals surface area (Å²) >= 11 is 6.72. The van der Waals surface area contributed by atoms with Gasteiger partial charge in [0.2, 0.25) is 11.7 Å². The topological polar surface area (TPSA) is 68.9 Å². The Kier molecular flexibility index (Phi) is 4.39. The summed E-state index contributed by atoms with van der Waals surface area (Å²) in [5, 5.41) is 3.87. The summed E-state index contributed by atoms with van der Waals surface area (Å²) < 4.78 is 6.71. The maximum atomic E-state index is 11.9. The molecule has 0 radical (unpaired) electrons. The van der Waals surface area contributed by atoms with Crippen LogP contribution in [0.25, 0.3) is 11.5 Å². The van der Waals surface area contributed by atoms with Gasteiger partial charge in [0.05, 0.1) is 6.42 Å². The van der Waals surface area contributed by atoms with Gasteiger partial charge < -0.3 is 4.52 Å². The molecule has 2 heterocycles. The maximum Gasteiger partial charge on any atom is 0.234 e. The van der Waals surface area contributed by atoms with Gasteiger partial charge in [-0.3, -0.25) is 9.78 Å². The van der Waals surface area contributed by atoms with Gasteiger partial charge in [-0.1, -0.05) is 25.9 Å². The van der Waals surface area contributed by atoms with Crippen molar-refractivity contribution in [2.75, 3.05) is 0 Å². The van der Waals surface area contributed by atoms with Gasteiger partial charge in [0, 0.05) is 20.6 Å². The third-order valence-electron chi connectivity index (χ3n) is 2.64. The lowest BCUT2D eigenvalue weighted by Gasteiger charge is -2.14. The van der Waals surface area contributed by atoms with Crippen molar-refractivity contribution >= 4 is 37.6 Å². The molecule has 0 N–H and O–H groups in total. The number of carbonyl (C=O) groups is 1. The van der Waals surface area contributed by atoms with Gasteiger partial charge in [0.15, 0.2) is 0 Å². The molecule has 0 aromatic carbocycles. The van der Waals surface area contributed by atoms with Crippen LogP contribution in [0, 0.1) is 5.41 Å². The molecule has 2 aromatic heterocycles. The summed E-state index contributed by atoms with van der Waals surface area (Å²) in [6, 6.07) is 1.85. The van der Waals surface area contributed by atoms with Gasteiger partial charge in [-0.2, -0.15) is 4.98 Å². The van der Waals surface area contributed by atoms with Crippen molar-refractivity contribution in [1.29, 1.82) is 0 Å². The van der Waals surface area contributed by atoms with Gasteiger partial charge >= 0.3 is 0 Å². The van der Waals surface area contributed by atoms with Crippen molar-refractivity contribution in [3.05, 3.63) is 27.1 Å². The molecule has 0 spiro atoms. The SMILES string of the molecule is CC(C)(C)C(=O)Cc1nc(-c2ncc(Br)cc2Br)no1. The van der Waals surface area contributed by atoms with Gasteiger partial charge in [0.1, 0.15) is 11.5 Å². The molecule has 7 heteroatoms. The Balaban J connectivity index is 2.23. The minimum atomic E-state index is -0.426. The van der Waals surface area contributed by atoms with Crippen LogP contribution in [0.15, 0.2) is 25.7 Å². The monoisotopic (exact) mass is 401 g/mol. The quantitative estimate of drug-likeness (QED) is 0.780. The third kappa shape index (κ3) is 3.52. The van der Waals surface area contributed by atoms with Crippen molar-refractivity contribution in [1.82, 2.24) is 15.1 Å². The van der Waals surface area contributed by atoms with Crippen molar-refractivity contribution in [2.45, 2.75) is 27.2 Å². The predicted octanol–water partition coefficient (Wildman–Crippen LogP) is 3.81. The molecule has 20 heavy (non-hydrogen) atoms. The van der Waals surface area contributed by atoms with Gasteiger partial charge in [0.25, 0.3) is 0 Å². The molecule has 2 rings (SSSR count). The highest BCUT2D eigenvalue weighted by molar-refractivity contribution is 9.11. The Morgan fingerprint density at radius 1 is 1.35 bits per heavy atom. The summed E-state index contributed by atoms with van der Waals surface area (Å²) in [4.78, 5) is 20.4. The van der Waals surface area contributed by atoms with Crippen molar-refractivity contribution in [2.24, 2.45) is 5.41 Å².